The SMILES string of the molecule is Cc1ccccc1C(=O)OCc1ccc2cc(F)ccc2n1. The maximum Gasteiger partial charge on any atom is 0.338 e. The van der Waals surface area contributed by atoms with Gasteiger partial charge in [0.15, 0.2) is 0 Å². The lowest BCUT2D eigenvalue weighted by molar-refractivity contribution is 0.0467. The predicted octanol–water partition coefficient (Wildman–Crippen LogP) is 4.04. The van der Waals surface area contributed by atoms with Gasteiger partial charge in [0.05, 0.1) is 16.8 Å². The minimum atomic E-state index is -0.376. The van der Waals surface area contributed by atoms with Gasteiger partial charge >= 0.3 is 5.97 Å². The van der Waals surface area contributed by atoms with Crippen molar-refractivity contribution in [2.75, 3.05) is 0 Å². The van der Waals surface area contributed by atoms with Gasteiger partial charge in [-0.3, -0.25) is 0 Å². The van der Waals surface area contributed by atoms with Crippen LogP contribution in [0, 0.1) is 12.7 Å². The second-order valence-corrected chi connectivity index (χ2v) is 5.03. The van der Waals surface area contributed by atoms with Gasteiger partial charge in [-0.2, -0.15) is 0 Å². The molecule has 0 spiro atoms. The highest BCUT2D eigenvalue weighted by atomic mass is 19.1. The van der Waals surface area contributed by atoms with E-state index in [-0.39, 0.29) is 18.4 Å². The van der Waals surface area contributed by atoms with E-state index in [1.165, 1.54) is 12.1 Å². The predicted molar refractivity (Wildman–Crippen MR) is 82.0 cm³/mol. The van der Waals surface area contributed by atoms with Crippen LogP contribution >= 0.6 is 0 Å². The van der Waals surface area contributed by atoms with Gasteiger partial charge in [0.25, 0.3) is 0 Å². The van der Waals surface area contributed by atoms with Crippen molar-refractivity contribution in [3.05, 3.63) is 77.2 Å². The molecule has 0 N–H and O–H groups in total. The van der Waals surface area contributed by atoms with Gasteiger partial charge in [-0.1, -0.05) is 24.3 Å². The standard InChI is InChI=1S/C18H14FNO2/c1-12-4-2-3-5-16(12)18(21)22-11-15-8-6-13-10-14(19)7-9-17(13)20-15/h2-10H,11H2,1H3. The molecule has 3 nitrogen and oxygen atoms in total. The Balaban J connectivity index is 1.75. The van der Waals surface area contributed by atoms with Gasteiger partial charge in [0.2, 0.25) is 0 Å². The number of benzene rings is 2. The molecule has 3 rings (SSSR count). The zero-order valence-electron chi connectivity index (χ0n) is 12.0. The minimum Gasteiger partial charge on any atom is -0.456 e. The van der Waals surface area contributed by atoms with Crippen molar-refractivity contribution in [1.29, 1.82) is 0 Å². The Labute approximate surface area is 127 Å². The molecular weight excluding hydrogens is 281 g/mol. The highest BCUT2D eigenvalue weighted by molar-refractivity contribution is 5.91. The first-order chi connectivity index (χ1) is 10.6. The largest absolute Gasteiger partial charge is 0.456 e. The number of rotatable bonds is 3. The summed E-state index contributed by atoms with van der Waals surface area (Å²) in [5, 5.41) is 0.717. The Morgan fingerprint density at radius 1 is 1.14 bits per heavy atom. The first kappa shape index (κ1) is 14.2. The number of aryl methyl sites for hydroxylation is 1. The second-order valence-electron chi connectivity index (χ2n) is 5.03. The summed E-state index contributed by atoms with van der Waals surface area (Å²) in [7, 11) is 0. The van der Waals surface area contributed by atoms with Gasteiger partial charge in [0, 0.05) is 5.39 Å². The average molecular weight is 295 g/mol. The summed E-state index contributed by atoms with van der Waals surface area (Å²) in [4.78, 5) is 16.4. The third-order valence-corrected chi connectivity index (χ3v) is 3.43. The van der Waals surface area contributed by atoms with E-state index in [0.717, 1.165) is 5.56 Å². The molecule has 0 aliphatic rings. The van der Waals surface area contributed by atoms with E-state index in [1.54, 1.807) is 30.3 Å². The number of aromatic nitrogens is 1. The fraction of sp³-hybridized carbons (Fsp3) is 0.111. The van der Waals surface area contributed by atoms with Gasteiger partial charge < -0.3 is 4.74 Å². The molecule has 0 radical (unpaired) electrons. The summed E-state index contributed by atoms with van der Waals surface area (Å²) in [5.74, 6) is -0.674. The Kier molecular flexibility index (Phi) is 3.83. The second kappa shape index (κ2) is 5.93. The maximum absolute atomic E-state index is 13.1. The number of carbonyl (C=O) groups is 1. The molecule has 1 aromatic heterocycles. The zero-order valence-corrected chi connectivity index (χ0v) is 12.0. The van der Waals surface area contributed by atoms with Crippen LogP contribution in [0.1, 0.15) is 21.6 Å². The molecule has 0 saturated heterocycles. The molecule has 3 aromatic rings. The lowest BCUT2D eigenvalue weighted by Crippen LogP contribution is -2.07. The maximum atomic E-state index is 13.1. The Bertz CT molecular complexity index is 845. The molecule has 0 saturated carbocycles. The van der Waals surface area contributed by atoms with E-state index >= 15 is 0 Å². The van der Waals surface area contributed by atoms with E-state index < -0.39 is 0 Å². The number of nitrogens with zero attached hydrogens (tertiary/aromatic N) is 1. The highest BCUT2D eigenvalue weighted by Crippen LogP contribution is 2.15. The first-order valence-corrected chi connectivity index (χ1v) is 6.91. The van der Waals surface area contributed by atoms with Gasteiger partial charge in [-0.15, -0.1) is 0 Å². The lowest BCUT2D eigenvalue weighted by Gasteiger charge is -2.07. The first-order valence-electron chi connectivity index (χ1n) is 6.91. The molecule has 0 atom stereocenters. The number of esters is 1. The molecule has 0 amide bonds. The van der Waals surface area contributed by atoms with Crippen LogP contribution in [0.4, 0.5) is 4.39 Å². The third-order valence-electron chi connectivity index (χ3n) is 3.43. The molecule has 22 heavy (non-hydrogen) atoms. The average Bonchev–Trinajstić information content (AvgIpc) is 2.53. The van der Waals surface area contributed by atoms with E-state index in [9.17, 15) is 9.18 Å². The monoisotopic (exact) mass is 295 g/mol. The van der Waals surface area contributed by atoms with Crippen LogP contribution in [0.25, 0.3) is 10.9 Å². The van der Waals surface area contributed by atoms with Crippen molar-refractivity contribution in [2.24, 2.45) is 0 Å². The van der Waals surface area contributed by atoms with E-state index in [0.29, 0.717) is 22.2 Å². The van der Waals surface area contributed by atoms with E-state index in [2.05, 4.69) is 4.98 Å². The van der Waals surface area contributed by atoms with Crippen molar-refractivity contribution < 1.29 is 13.9 Å². The van der Waals surface area contributed by atoms with Crippen LogP contribution in [-0.2, 0) is 11.3 Å². The topological polar surface area (TPSA) is 39.2 Å². The fourth-order valence-corrected chi connectivity index (χ4v) is 2.24. The van der Waals surface area contributed by atoms with E-state index in [4.69, 9.17) is 4.74 Å². The summed E-state index contributed by atoms with van der Waals surface area (Å²) in [6.45, 7) is 1.94. The molecule has 0 fully saturated rings. The van der Waals surface area contributed by atoms with Crippen molar-refractivity contribution in [3.8, 4) is 0 Å². The van der Waals surface area contributed by atoms with Crippen molar-refractivity contribution in [1.82, 2.24) is 4.98 Å². The van der Waals surface area contributed by atoms with Crippen LogP contribution in [0.15, 0.2) is 54.6 Å². The van der Waals surface area contributed by atoms with Crippen LogP contribution in [0.5, 0.6) is 0 Å². The zero-order chi connectivity index (χ0) is 15.5. The van der Waals surface area contributed by atoms with Gasteiger partial charge in [0.1, 0.15) is 12.4 Å². The lowest BCUT2D eigenvalue weighted by atomic mass is 10.1. The van der Waals surface area contributed by atoms with Crippen molar-refractivity contribution >= 4 is 16.9 Å². The van der Waals surface area contributed by atoms with Crippen LogP contribution in [-0.4, -0.2) is 11.0 Å². The number of ether oxygens (including phenoxy) is 1. The summed E-state index contributed by atoms with van der Waals surface area (Å²) < 4.78 is 18.4. The molecule has 0 aliphatic heterocycles. The number of fused-ring (bicyclic) bond motifs is 1. The number of halogens is 1. The van der Waals surface area contributed by atoms with Crippen LogP contribution in [0.3, 0.4) is 0 Å². The number of hydrogen-bond acceptors (Lipinski definition) is 3. The Hall–Kier alpha value is -2.75. The molecule has 0 aliphatic carbocycles. The summed E-state index contributed by atoms with van der Waals surface area (Å²) in [6, 6.07) is 15.1. The number of hydrogen-bond donors (Lipinski definition) is 0. The Morgan fingerprint density at radius 2 is 1.95 bits per heavy atom. The Morgan fingerprint density at radius 3 is 2.77 bits per heavy atom. The molecule has 0 unspecified atom stereocenters. The number of pyridine rings is 1. The third kappa shape index (κ3) is 2.96. The van der Waals surface area contributed by atoms with Crippen molar-refractivity contribution in [2.45, 2.75) is 13.5 Å². The smallest absolute Gasteiger partial charge is 0.338 e. The summed E-state index contributed by atoms with van der Waals surface area (Å²) in [5.41, 5.74) is 2.71. The summed E-state index contributed by atoms with van der Waals surface area (Å²) >= 11 is 0. The molecule has 110 valence electrons. The fourth-order valence-electron chi connectivity index (χ4n) is 2.24. The number of carbonyl (C=O) groups excluding carboxylic acids is 1. The summed E-state index contributed by atoms with van der Waals surface area (Å²) in [6.07, 6.45) is 0. The molecular formula is C18H14FNO2. The molecule has 1 heterocycles. The molecule has 2 aromatic carbocycles. The normalized spacial score (nSPS) is 10.6. The van der Waals surface area contributed by atoms with Crippen LogP contribution in [0.2, 0.25) is 0 Å². The minimum absolute atomic E-state index is 0.0838. The van der Waals surface area contributed by atoms with Crippen molar-refractivity contribution in [3.63, 3.8) is 0 Å². The molecule has 4 heteroatoms. The van der Waals surface area contributed by atoms with Gasteiger partial charge in [-0.25, -0.2) is 14.2 Å². The van der Waals surface area contributed by atoms with Gasteiger partial charge in [-0.05, 0) is 42.8 Å². The van der Waals surface area contributed by atoms with Crippen LogP contribution < -0.4 is 0 Å². The van der Waals surface area contributed by atoms with E-state index in [1.807, 2.05) is 19.1 Å². The highest BCUT2D eigenvalue weighted by Gasteiger charge is 2.10. The quantitative estimate of drug-likeness (QED) is 0.685. The molecule has 0 bridgehead atoms.